The number of hydrogen-bond acceptors (Lipinski definition) is 3. The van der Waals surface area contributed by atoms with Crippen LogP contribution in [-0.4, -0.2) is 18.2 Å². The number of thioether (sulfide) groups is 1. The number of nitrogens with one attached hydrogen (secondary N) is 1. The average Bonchev–Trinajstić information content (AvgIpc) is 2.94. The lowest BCUT2D eigenvalue weighted by Crippen LogP contribution is -2.25. The van der Waals surface area contributed by atoms with E-state index in [0.717, 1.165) is 16.5 Å². The number of hydrogen-bond donors (Lipinski definition) is 1. The van der Waals surface area contributed by atoms with Crippen molar-refractivity contribution >= 4 is 29.3 Å². The molecule has 0 aliphatic rings. The summed E-state index contributed by atoms with van der Waals surface area (Å²) in [5, 5.41) is 3.56. The maximum atomic E-state index is 11.5. The molecular weight excluding hydrogens is 282 g/mol. The minimum absolute atomic E-state index is 0.169. The molecule has 0 fully saturated rings. The summed E-state index contributed by atoms with van der Waals surface area (Å²) in [6.45, 7) is 0.623. The Hall–Kier alpha value is -1.39. The van der Waals surface area contributed by atoms with Crippen molar-refractivity contribution in [3.8, 4) is 0 Å². The lowest BCUT2D eigenvalue weighted by Gasteiger charge is -2.04. The van der Waals surface area contributed by atoms with Crippen molar-refractivity contribution in [3.63, 3.8) is 0 Å². The van der Waals surface area contributed by atoms with E-state index in [-0.39, 0.29) is 5.91 Å². The Morgan fingerprint density at radius 1 is 1.26 bits per heavy atom. The number of benzene rings is 1. The van der Waals surface area contributed by atoms with Crippen molar-refractivity contribution in [3.05, 3.63) is 59.0 Å². The lowest BCUT2D eigenvalue weighted by molar-refractivity contribution is 0.0928. The Balaban J connectivity index is 1.62. The number of halogens is 1. The number of furan rings is 1. The molecule has 100 valence electrons. The second kappa shape index (κ2) is 7.26. The molecule has 2 aromatic rings. The fourth-order valence-corrected chi connectivity index (χ4v) is 2.45. The molecule has 0 radical (unpaired) electrons. The summed E-state index contributed by atoms with van der Waals surface area (Å²) < 4.78 is 5.00. The molecule has 0 bridgehead atoms. The molecule has 1 N–H and O–H groups in total. The highest BCUT2D eigenvalue weighted by Gasteiger charge is 2.06. The quantitative estimate of drug-likeness (QED) is 0.828. The number of rotatable bonds is 6. The first-order chi connectivity index (χ1) is 9.25. The fourth-order valence-electron chi connectivity index (χ4n) is 1.50. The molecule has 0 saturated heterocycles. The third-order valence-corrected chi connectivity index (χ3v) is 3.74. The van der Waals surface area contributed by atoms with Crippen LogP contribution < -0.4 is 5.32 Å². The zero-order valence-corrected chi connectivity index (χ0v) is 11.8. The summed E-state index contributed by atoms with van der Waals surface area (Å²) in [5.41, 5.74) is 1.23. The molecule has 0 unspecified atom stereocenters. The van der Waals surface area contributed by atoms with Crippen molar-refractivity contribution in [1.82, 2.24) is 5.32 Å². The normalized spacial score (nSPS) is 10.4. The third kappa shape index (κ3) is 4.65. The molecule has 0 atom stereocenters. The minimum atomic E-state index is -0.169. The summed E-state index contributed by atoms with van der Waals surface area (Å²) >= 11 is 7.58. The maximum absolute atomic E-state index is 11.5. The molecule has 0 aliphatic carbocycles. The molecule has 0 saturated carbocycles. The highest BCUT2D eigenvalue weighted by Crippen LogP contribution is 2.15. The zero-order valence-electron chi connectivity index (χ0n) is 10.3. The first kappa shape index (κ1) is 14.0. The van der Waals surface area contributed by atoms with Gasteiger partial charge in [0.15, 0.2) is 5.76 Å². The Bertz CT molecular complexity index is 511. The van der Waals surface area contributed by atoms with Crippen LogP contribution in [0.25, 0.3) is 0 Å². The van der Waals surface area contributed by atoms with E-state index in [9.17, 15) is 4.79 Å². The third-order valence-electron chi connectivity index (χ3n) is 2.46. The van der Waals surface area contributed by atoms with Crippen LogP contribution in [0.2, 0.25) is 5.02 Å². The second-order valence-corrected chi connectivity index (χ2v) is 5.45. The van der Waals surface area contributed by atoms with Crippen molar-refractivity contribution in [2.45, 2.75) is 5.75 Å². The SMILES string of the molecule is O=C(NCCSCc1ccc(Cl)cc1)c1ccco1. The van der Waals surface area contributed by atoms with Crippen LogP contribution in [0.5, 0.6) is 0 Å². The van der Waals surface area contributed by atoms with E-state index in [4.69, 9.17) is 16.0 Å². The van der Waals surface area contributed by atoms with Crippen LogP contribution in [0.15, 0.2) is 47.1 Å². The summed E-state index contributed by atoms with van der Waals surface area (Å²) in [6, 6.07) is 11.1. The van der Waals surface area contributed by atoms with Gasteiger partial charge in [-0.15, -0.1) is 0 Å². The Kier molecular flexibility index (Phi) is 5.36. The highest BCUT2D eigenvalue weighted by atomic mass is 35.5. The first-order valence-corrected chi connectivity index (χ1v) is 7.43. The Morgan fingerprint density at radius 3 is 2.74 bits per heavy atom. The van der Waals surface area contributed by atoms with Gasteiger partial charge in [0, 0.05) is 23.1 Å². The Labute approximate surface area is 121 Å². The van der Waals surface area contributed by atoms with Gasteiger partial charge in [0.25, 0.3) is 5.91 Å². The molecule has 1 amide bonds. The van der Waals surface area contributed by atoms with E-state index in [1.807, 2.05) is 24.3 Å². The van der Waals surface area contributed by atoms with E-state index >= 15 is 0 Å². The van der Waals surface area contributed by atoms with Crippen LogP contribution in [-0.2, 0) is 5.75 Å². The standard InChI is InChI=1S/C14H14ClNO2S/c15-12-5-3-11(4-6-12)10-19-9-7-16-14(17)13-2-1-8-18-13/h1-6,8H,7,9-10H2,(H,16,17). The molecule has 1 heterocycles. The van der Waals surface area contributed by atoms with Gasteiger partial charge >= 0.3 is 0 Å². The minimum Gasteiger partial charge on any atom is -0.459 e. The number of carbonyl (C=O) groups is 1. The predicted octanol–water partition coefficient (Wildman–Crippen LogP) is 3.60. The van der Waals surface area contributed by atoms with Gasteiger partial charge in [0.05, 0.1) is 6.26 Å². The number of amides is 1. The van der Waals surface area contributed by atoms with Crippen molar-refractivity contribution in [2.24, 2.45) is 0 Å². The van der Waals surface area contributed by atoms with E-state index in [0.29, 0.717) is 12.3 Å². The number of carbonyl (C=O) groups excluding carboxylic acids is 1. The van der Waals surface area contributed by atoms with Gasteiger partial charge in [-0.2, -0.15) is 11.8 Å². The fraction of sp³-hybridized carbons (Fsp3) is 0.214. The van der Waals surface area contributed by atoms with Crippen LogP contribution in [0.4, 0.5) is 0 Å². The smallest absolute Gasteiger partial charge is 0.287 e. The van der Waals surface area contributed by atoms with Crippen molar-refractivity contribution in [2.75, 3.05) is 12.3 Å². The van der Waals surface area contributed by atoms with Gasteiger partial charge in [0.1, 0.15) is 0 Å². The molecule has 1 aromatic heterocycles. The van der Waals surface area contributed by atoms with Crippen LogP contribution in [0.3, 0.4) is 0 Å². The molecule has 1 aromatic carbocycles. The monoisotopic (exact) mass is 295 g/mol. The Morgan fingerprint density at radius 2 is 2.05 bits per heavy atom. The van der Waals surface area contributed by atoms with E-state index in [2.05, 4.69) is 5.32 Å². The largest absolute Gasteiger partial charge is 0.459 e. The molecule has 3 nitrogen and oxygen atoms in total. The van der Waals surface area contributed by atoms with Gasteiger partial charge in [0.2, 0.25) is 0 Å². The van der Waals surface area contributed by atoms with E-state index in [1.165, 1.54) is 11.8 Å². The average molecular weight is 296 g/mol. The lowest BCUT2D eigenvalue weighted by atomic mass is 10.2. The second-order valence-electron chi connectivity index (χ2n) is 3.91. The topological polar surface area (TPSA) is 42.2 Å². The van der Waals surface area contributed by atoms with Crippen molar-refractivity contribution in [1.29, 1.82) is 0 Å². The summed E-state index contributed by atoms with van der Waals surface area (Å²) in [6.07, 6.45) is 1.49. The first-order valence-electron chi connectivity index (χ1n) is 5.89. The zero-order chi connectivity index (χ0) is 13.5. The van der Waals surface area contributed by atoms with Gasteiger partial charge in [-0.3, -0.25) is 4.79 Å². The molecule has 5 heteroatoms. The van der Waals surface area contributed by atoms with Crippen LogP contribution >= 0.6 is 23.4 Å². The molecule has 0 spiro atoms. The van der Waals surface area contributed by atoms with Gasteiger partial charge < -0.3 is 9.73 Å². The van der Waals surface area contributed by atoms with Crippen molar-refractivity contribution < 1.29 is 9.21 Å². The van der Waals surface area contributed by atoms with E-state index < -0.39 is 0 Å². The van der Waals surface area contributed by atoms with Crippen LogP contribution in [0.1, 0.15) is 16.1 Å². The summed E-state index contributed by atoms with van der Waals surface area (Å²) in [7, 11) is 0. The summed E-state index contributed by atoms with van der Waals surface area (Å²) in [5.74, 6) is 1.95. The summed E-state index contributed by atoms with van der Waals surface area (Å²) in [4.78, 5) is 11.5. The molecule has 19 heavy (non-hydrogen) atoms. The molecule has 0 aliphatic heterocycles. The predicted molar refractivity (Wildman–Crippen MR) is 78.7 cm³/mol. The molecular formula is C14H14ClNO2S. The van der Waals surface area contributed by atoms with Gasteiger partial charge in [-0.1, -0.05) is 23.7 Å². The van der Waals surface area contributed by atoms with Gasteiger partial charge in [-0.25, -0.2) is 0 Å². The van der Waals surface area contributed by atoms with Crippen LogP contribution in [0, 0.1) is 0 Å². The highest BCUT2D eigenvalue weighted by molar-refractivity contribution is 7.98. The van der Waals surface area contributed by atoms with E-state index in [1.54, 1.807) is 23.9 Å². The molecule has 2 rings (SSSR count). The van der Waals surface area contributed by atoms with Gasteiger partial charge in [-0.05, 0) is 29.8 Å². The maximum Gasteiger partial charge on any atom is 0.287 e.